The topological polar surface area (TPSA) is 41.9 Å². The SMILES string of the molecule is CC1(C)c2ccccc2N(c2ccccc2-c2nc(-c3ccccc3)nc(-c3ccccc3)n2)c2cc3c(cc21)sc1ccccc13. The second-order valence-electron chi connectivity index (χ2n) is 12.5. The van der Waals surface area contributed by atoms with Crippen molar-refractivity contribution >= 4 is 48.6 Å². The van der Waals surface area contributed by atoms with Crippen LogP contribution in [0.4, 0.5) is 17.1 Å². The van der Waals surface area contributed by atoms with Crippen LogP contribution >= 0.6 is 11.3 Å². The van der Waals surface area contributed by atoms with E-state index in [4.69, 9.17) is 15.0 Å². The lowest BCUT2D eigenvalue weighted by Gasteiger charge is -2.42. The minimum absolute atomic E-state index is 0.199. The third kappa shape index (κ3) is 4.46. The van der Waals surface area contributed by atoms with Crippen LogP contribution in [-0.4, -0.2) is 15.0 Å². The molecule has 0 saturated carbocycles. The standard InChI is InChI=1S/C42H30N4S/c1-42(2)32-21-11-13-23-35(32)46(36-25-31-29-19-10-14-24-37(29)47-38(31)26-33(36)42)34-22-12-9-20-30(34)41-44-39(27-15-5-3-6-16-27)43-40(45-41)28-17-7-4-8-18-28/h3-26H,1-2H3. The number of rotatable bonds is 4. The van der Waals surface area contributed by atoms with Gasteiger partial charge in [-0.3, -0.25) is 0 Å². The maximum absolute atomic E-state index is 5.13. The van der Waals surface area contributed by atoms with Gasteiger partial charge in [0.05, 0.1) is 17.1 Å². The van der Waals surface area contributed by atoms with Crippen LogP contribution in [0.2, 0.25) is 0 Å². The first kappa shape index (κ1) is 27.6. The zero-order valence-corrected chi connectivity index (χ0v) is 26.9. The van der Waals surface area contributed by atoms with Crippen molar-refractivity contribution in [2.45, 2.75) is 19.3 Å². The summed E-state index contributed by atoms with van der Waals surface area (Å²) in [5.74, 6) is 1.94. The number of aromatic nitrogens is 3. The van der Waals surface area contributed by atoms with Gasteiger partial charge in [0.25, 0.3) is 0 Å². The molecule has 0 unspecified atom stereocenters. The zero-order valence-electron chi connectivity index (χ0n) is 26.1. The predicted molar refractivity (Wildman–Crippen MR) is 196 cm³/mol. The predicted octanol–water partition coefficient (Wildman–Crippen LogP) is 11.3. The number of thiophene rings is 1. The van der Waals surface area contributed by atoms with E-state index >= 15 is 0 Å². The monoisotopic (exact) mass is 622 g/mol. The van der Waals surface area contributed by atoms with Gasteiger partial charge in [-0.05, 0) is 47.5 Å². The molecule has 224 valence electrons. The molecule has 0 radical (unpaired) electrons. The van der Waals surface area contributed by atoms with Gasteiger partial charge in [0.15, 0.2) is 17.5 Å². The van der Waals surface area contributed by atoms with Crippen LogP contribution in [0.1, 0.15) is 25.0 Å². The normalized spacial score (nSPS) is 13.4. The molecule has 6 aromatic carbocycles. The van der Waals surface area contributed by atoms with Gasteiger partial charge in [-0.25, -0.2) is 15.0 Å². The van der Waals surface area contributed by atoms with Crippen LogP contribution in [0.5, 0.6) is 0 Å². The molecule has 4 nitrogen and oxygen atoms in total. The van der Waals surface area contributed by atoms with Crippen LogP contribution in [0.15, 0.2) is 146 Å². The number of anilines is 3. The lowest BCUT2D eigenvalue weighted by molar-refractivity contribution is 0.633. The number of benzene rings is 6. The Morgan fingerprint density at radius 3 is 1.77 bits per heavy atom. The van der Waals surface area contributed by atoms with E-state index < -0.39 is 0 Å². The fourth-order valence-electron chi connectivity index (χ4n) is 6.96. The Hall–Kier alpha value is -5.65. The average molecular weight is 623 g/mol. The molecule has 3 heterocycles. The van der Waals surface area contributed by atoms with Crippen molar-refractivity contribution in [3.8, 4) is 34.2 Å². The van der Waals surface area contributed by atoms with Gasteiger partial charge in [0.1, 0.15) is 0 Å². The summed E-state index contributed by atoms with van der Waals surface area (Å²) in [6, 6.07) is 51.2. The Morgan fingerprint density at radius 1 is 0.468 bits per heavy atom. The Balaban J connectivity index is 1.32. The van der Waals surface area contributed by atoms with Crippen molar-refractivity contribution < 1.29 is 0 Å². The van der Waals surface area contributed by atoms with E-state index in [1.165, 1.54) is 37.0 Å². The van der Waals surface area contributed by atoms with Crippen molar-refractivity contribution in [3.63, 3.8) is 0 Å². The molecule has 0 saturated heterocycles. The number of fused-ring (bicyclic) bond motifs is 5. The Morgan fingerprint density at radius 2 is 1.04 bits per heavy atom. The van der Waals surface area contributed by atoms with Gasteiger partial charge < -0.3 is 4.90 Å². The fraction of sp³-hybridized carbons (Fsp3) is 0.0714. The highest BCUT2D eigenvalue weighted by molar-refractivity contribution is 7.25. The first-order valence-electron chi connectivity index (χ1n) is 15.9. The number of nitrogens with zero attached hydrogens (tertiary/aromatic N) is 4. The number of para-hydroxylation sites is 2. The number of hydrogen-bond acceptors (Lipinski definition) is 5. The molecular weight excluding hydrogens is 593 g/mol. The number of hydrogen-bond donors (Lipinski definition) is 0. The molecule has 5 heteroatoms. The summed E-state index contributed by atoms with van der Waals surface area (Å²) in [6.07, 6.45) is 0. The lowest BCUT2D eigenvalue weighted by Crippen LogP contribution is -2.30. The summed E-state index contributed by atoms with van der Waals surface area (Å²) >= 11 is 1.87. The van der Waals surface area contributed by atoms with Crippen molar-refractivity contribution in [1.29, 1.82) is 0 Å². The summed E-state index contributed by atoms with van der Waals surface area (Å²) in [7, 11) is 0. The molecule has 1 aliphatic rings. The summed E-state index contributed by atoms with van der Waals surface area (Å²) in [4.78, 5) is 17.6. The molecule has 0 bridgehead atoms. The second kappa shape index (κ2) is 10.7. The van der Waals surface area contributed by atoms with Gasteiger partial charge in [0, 0.05) is 42.3 Å². The van der Waals surface area contributed by atoms with E-state index in [1.807, 2.05) is 47.7 Å². The molecule has 47 heavy (non-hydrogen) atoms. The van der Waals surface area contributed by atoms with Crippen LogP contribution < -0.4 is 4.90 Å². The smallest absolute Gasteiger partial charge is 0.166 e. The Bertz CT molecular complexity index is 2390. The molecule has 8 aromatic rings. The largest absolute Gasteiger partial charge is 0.309 e. The molecule has 0 aliphatic carbocycles. The van der Waals surface area contributed by atoms with E-state index in [0.717, 1.165) is 28.1 Å². The maximum Gasteiger partial charge on any atom is 0.166 e. The van der Waals surface area contributed by atoms with E-state index in [9.17, 15) is 0 Å². The first-order chi connectivity index (χ1) is 23.1. The van der Waals surface area contributed by atoms with Crippen LogP contribution in [-0.2, 0) is 5.41 Å². The molecule has 9 rings (SSSR count). The minimum Gasteiger partial charge on any atom is -0.309 e. The third-order valence-corrected chi connectivity index (χ3v) is 10.4. The van der Waals surface area contributed by atoms with E-state index in [1.54, 1.807) is 0 Å². The molecular formula is C42H30N4S. The first-order valence-corrected chi connectivity index (χ1v) is 16.7. The summed E-state index contributed by atoms with van der Waals surface area (Å²) in [6.45, 7) is 4.69. The van der Waals surface area contributed by atoms with Gasteiger partial charge in [0.2, 0.25) is 0 Å². The van der Waals surface area contributed by atoms with Crippen molar-refractivity contribution in [2.75, 3.05) is 4.90 Å². The van der Waals surface area contributed by atoms with Crippen LogP contribution in [0.25, 0.3) is 54.3 Å². The molecule has 0 fully saturated rings. The highest BCUT2D eigenvalue weighted by Gasteiger charge is 2.38. The molecule has 1 aliphatic heterocycles. The summed E-state index contributed by atoms with van der Waals surface area (Å²) in [5.41, 5.74) is 8.61. The van der Waals surface area contributed by atoms with Crippen LogP contribution in [0.3, 0.4) is 0 Å². The van der Waals surface area contributed by atoms with Gasteiger partial charge in [-0.2, -0.15) is 0 Å². The van der Waals surface area contributed by atoms with Gasteiger partial charge in [-0.15, -0.1) is 11.3 Å². The zero-order chi connectivity index (χ0) is 31.5. The third-order valence-electron chi connectivity index (χ3n) is 9.31. The van der Waals surface area contributed by atoms with E-state index in [-0.39, 0.29) is 5.41 Å². The summed E-state index contributed by atoms with van der Waals surface area (Å²) < 4.78 is 2.61. The molecule has 0 atom stereocenters. The van der Waals surface area contributed by atoms with E-state index in [0.29, 0.717) is 17.5 Å². The van der Waals surface area contributed by atoms with E-state index in [2.05, 4.69) is 128 Å². The fourth-order valence-corrected chi connectivity index (χ4v) is 8.09. The van der Waals surface area contributed by atoms with Crippen molar-refractivity contribution in [1.82, 2.24) is 15.0 Å². The van der Waals surface area contributed by atoms with Crippen molar-refractivity contribution in [2.24, 2.45) is 0 Å². The highest BCUT2D eigenvalue weighted by Crippen LogP contribution is 2.55. The van der Waals surface area contributed by atoms with Gasteiger partial charge in [-0.1, -0.05) is 123 Å². The minimum atomic E-state index is -0.199. The second-order valence-corrected chi connectivity index (χ2v) is 13.6. The van der Waals surface area contributed by atoms with Gasteiger partial charge >= 0.3 is 0 Å². The molecule has 0 N–H and O–H groups in total. The maximum atomic E-state index is 5.13. The lowest BCUT2D eigenvalue weighted by atomic mass is 9.73. The summed E-state index contributed by atoms with van der Waals surface area (Å²) in [5, 5.41) is 2.57. The average Bonchev–Trinajstić information content (AvgIpc) is 3.50. The molecule has 0 spiro atoms. The Kier molecular flexibility index (Phi) is 6.30. The molecule has 2 aromatic heterocycles. The highest BCUT2D eigenvalue weighted by atomic mass is 32.1. The quantitative estimate of drug-likeness (QED) is 0.196. The Labute approximate surface area is 277 Å². The van der Waals surface area contributed by atoms with Crippen LogP contribution in [0, 0.1) is 0 Å². The molecule has 0 amide bonds. The van der Waals surface area contributed by atoms with Crippen molar-refractivity contribution in [3.05, 3.63) is 157 Å².